The first-order chi connectivity index (χ1) is 13.2. The van der Waals surface area contributed by atoms with Gasteiger partial charge in [0.05, 0.1) is 11.4 Å². The molecule has 3 aromatic rings. The van der Waals surface area contributed by atoms with Crippen molar-refractivity contribution in [3.05, 3.63) is 76.7 Å². The normalized spacial score (nSPS) is 11.2. The van der Waals surface area contributed by atoms with Crippen LogP contribution in [0, 0.1) is 20.8 Å². The van der Waals surface area contributed by atoms with Crippen molar-refractivity contribution in [2.45, 2.75) is 32.2 Å². The number of carbonyl (C=O) groups is 1. The second-order valence-corrected chi connectivity index (χ2v) is 8.25. The molecular weight excluding hydrogens is 378 g/mol. The zero-order valence-corrected chi connectivity index (χ0v) is 16.6. The molecule has 0 unspecified atom stereocenters. The van der Waals surface area contributed by atoms with Crippen molar-refractivity contribution in [2.75, 3.05) is 4.72 Å². The highest BCUT2D eigenvalue weighted by molar-refractivity contribution is 7.92. The lowest BCUT2D eigenvalue weighted by molar-refractivity contribution is 0.0949. The summed E-state index contributed by atoms with van der Waals surface area (Å²) in [4.78, 5) is 12.6. The molecule has 1 aromatic heterocycles. The predicted molar refractivity (Wildman–Crippen MR) is 106 cm³/mol. The van der Waals surface area contributed by atoms with Crippen LogP contribution in [-0.4, -0.2) is 19.5 Å². The fourth-order valence-electron chi connectivity index (χ4n) is 2.70. The number of benzene rings is 2. The third-order valence-electron chi connectivity index (χ3n) is 4.14. The summed E-state index contributed by atoms with van der Waals surface area (Å²) in [5.41, 5.74) is 2.95. The van der Waals surface area contributed by atoms with Gasteiger partial charge >= 0.3 is 0 Å². The number of nitrogens with one attached hydrogen (secondary N) is 2. The molecule has 7 nitrogen and oxygen atoms in total. The molecule has 146 valence electrons. The quantitative estimate of drug-likeness (QED) is 0.662. The van der Waals surface area contributed by atoms with Gasteiger partial charge in [-0.05, 0) is 56.2 Å². The molecule has 1 heterocycles. The Balaban J connectivity index is 1.80. The second kappa shape index (κ2) is 7.85. The Bertz CT molecular complexity index is 1120. The van der Waals surface area contributed by atoms with Gasteiger partial charge in [0.25, 0.3) is 15.9 Å². The molecule has 0 saturated carbocycles. The van der Waals surface area contributed by atoms with Crippen molar-refractivity contribution in [3.8, 4) is 0 Å². The Morgan fingerprint density at radius 1 is 1.07 bits per heavy atom. The molecular formula is C20H21N3O4S. The maximum absolute atomic E-state index is 12.7. The fraction of sp³-hybridized carbons (Fsp3) is 0.200. The van der Waals surface area contributed by atoms with Crippen LogP contribution >= 0.6 is 0 Å². The van der Waals surface area contributed by atoms with E-state index in [0.29, 0.717) is 22.7 Å². The van der Waals surface area contributed by atoms with Gasteiger partial charge in [-0.25, -0.2) is 8.42 Å². The van der Waals surface area contributed by atoms with E-state index in [2.05, 4.69) is 15.2 Å². The summed E-state index contributed by atoms with van der Waals surface area (Å²) < 4.78 is 32.9. The van der Waals surface area contributed by atoms with E-state index in [1.807, 2.05) is 13.0 Å². The maximum atomic E-state index is 12.7. The first-order valence-electron chi connectivity index (χ1n) is 8.65. The van der Waals surface area contributed by atoms with E-state index in [-0.39, 0.29) is 22.9 Å². The highest BCUT2D eigenvalue weighted by Crippen LogP contribution is 2.20. The minimum Gasteiger partial charge on any atom is -0.361 e. The van der Waals surface area contributed by atoms with Crippen molar-refractivity contribution >= 4 is 21.6 Å². The van der Waals surface area contributed by atoms with Crippen LogP contribution in [0.3, 0.4) is 0 Å². The van der Waals surface area contributed by atoms with Gasteiger partial charge in [-0.1, -0.05) is 23.4 Å². The Hall–Kier alpha value is -3.13. The molecule has 0 fully saturated rings. The molecule has 3 rings (SSSR count). The summed E-state index contributed by atoms with van der Waals surface area (Å²) in [6.45, 7) is 5.58. The van der Waals surface area contributed by atoms with Crippen molar-refractivity contribution in [1.82, 2.24) is 10.5 Å². The summed E-state index contributed by atoms with van der Waals surface area (Å²) in [5, 5.41) is 6.55. The van der Waals surface area contributed by atoms with Gasteiger partial charge in [-0.15, -0.1) is 0 Å². The number of sulfonamides is 1. The fourth-order valence-corrected chi connectivity index (χ4v) is 3.78. The van der Waals surface area contributed by atoms with Crippen LogP contribution < -0.4 is 10.0 Å². The summed E-state index contributed by atoms with van der Waals surface area (Å²) in [6.07, 6.45) is 0. The van der Waals surface area contributed by atoms with Crippen LogP contribution in [0.15, 0.2) is 57.9 Å². The van der Waals surface area contributed by atoms with E-state index in [1.54, 1.807) is 44.2 Å². The summed E-state index contributed by atoms with van der Waals surface area (Å²) in [6, 6.07) is 13.2. The van der Waals surface area contributed by atoms with E-state index in [1.165, 1.54) is 12.1 Å². The molecule has 2 aromatic carbocycles. The first kappa shape index (κ1) is 19.6. The summed E-state index contributed by atoms with van der Waals surface area (Å²) >= 11 is 0. The summed E-state index contributed by atoms with van der Waals surface area (Å²) in [7, 11) is -3.82. The number of hydrogen-bond acceptors (Lipinski definition) is 5. The van der Waals surface area contributed by atoms with Crippen LogP contribution in [-0.2, 0) is 16.6 Å². The van der Waals surface area contributed by atoms with Crippen LogP contribution in [0.2, 0.25) is 0 Å². The van der Waals surface area contributed by atoms with Gasteiger partial charge in [0, 0.05) is 17.3 Å². The lowest BCUT2D eigenvalue weighted by Gasteiger charge is -2.12. The standard InChI is InChI=1S/C20H21N3O4S/c1-13-5-4-6-16(9-13)23-28(25,26)18-8-7-14(2)19(11-18)20(24)21-12-17-10-15(3)27-22-17/h4-11,23H,12H2,1-3H3,(H,21,24). The van der Waals surface area contributed by atoms with Crippen molar-refractivity contribution in [3.63, 3.8) is 0 Å². The number of amides is 1. The lowest BCUT2D eigenvalue weighted by Crippen LogP contribution is -2.24. The number of aryl methyl sites for hydroxylation is 3. The van der Waals surface area contributed by atoms with Crippen molar-refractivity contribution in [1.29, 1.82) is 0 Å². The van der Waals surface area contributed by atoms with Gasteiger partial charge in [-0.2, -0.15) is 0 Å². The monoisotopic (exact) mass is 399 g/mol. The number of aromatic nitrogens is 1. The molecule has 1 amide bonds. The molecule has 8 heteroatoms. The molecule has 0 aliphatic heterocycles. The van der Waals surface area contributed by atoms with Crippen molar-refractivity contribution < 1.29 is 17.7 Å². The second-order valence-electron chi connectivity index (χ2n) is 6.56. The van der Waals surface area contributed by atoms with Crippen LogP contribution in [0.1, 0.15) is 32.9 Å². The Morgan fingerprint density at radius 2 is 1.86 bits per heavy atom. The minimum atomic E-state index is -3.82. The highest BCUT2D eigenvalue weighted by atomic mass is 32.2. The smallest absolute Gasteiger partial charge is 0.261 e. The van der Waals surface area contributed by atoms with Gasteiger partial charge in [0.2, 0.25) is 0 Å². The number of carbonyl (C=O) groups excluding carboxylic acids is 1. The molecule has 0 aliphatic carbocycles. The summed E-state index contributed by atoms with van der Waals surface area (Å²) in [5.74, 6) is 0.265. The minimum absolute atomic E-state index is 0.0158. The molecule has 28 heavy (non-hydrogen) atoms. The average Bonchev–Trinajstić information content (AvgIpc) is 3.05. The van der Waals surface area contributed by atoms with Gasteiger partial charge < -0.3 is 9.84 Å². The van der Waals surface area contributed by atoms with Crippen LogP contribution in [0.4, 0.5) is 5.69 Å². The molecule has 0 bridgehead atoms. The van der Waals surface area contributed by atoms with Crippen LogP contribution in [0.25, 0.3) is 0 Å². The molecule has 0 aliphatic rings. The number of rotatable bonds is 6. The zero-order valence-electron chi connectivity index (χ0n) is 15.8. The zero-order chi connectivity index (χ0) is 20.3. The Labute approximate surface area is 163 Å². The van der Waals surface area contributed by atoms with Gasteiger partial charge in [-0.3, -0.25) is 9.52 Å². The molecule has 0 atom stereocenters. The number of hydrogen-bond donors (Lipinski definition) is 2. The predicted octanol–water partition coefficient (Wildman–Crippen LogP) is 3.33. The Morgan fingerprint density at radius 3 is 2.54 bits per heavy atom. The topological polar surface area (TPSA) is 101 Å². The van der Waals surface area contributed by atoms with E-state index < -0.39 is 10.0 Å². The van der Waals surface area contributed by atoms with E-state index >= 15 is 0 Å². The van der Waals surface area contributed by atoms with Crippen LogP contribution in [0.5, 0.6) is 0 Å². The van der Waals surface area contributed by atoms with Gasteiger partial charge in [0.1, 0.15) is 11.5 Å². The molecule has 2 N–H and O–H groups in total. The highest BCUT2D eigenvalue weighted by Gasteiger charge is 2.18. The molecule has 0 radical (unpaired) electrons. The van der Waals surface area contributed by atoms with E-state index in [9.17, 15) is 13.2 Å². The van der Waals surface area contributed by atoms with E-state index in [0.717, 1.165) is 5.56 Å². The van der Waals surface area contributed by atoms with Crippen molar-refractivity contribution in [2.24, 2.45) is 0 Å². The van der Waals surface area contributed by atoms with E-state index in [4.69, 9.17) is 4.52 Å². The largest absolute Gasteiger partial charge is 0.361 e. The first-order valence-corrected chi connectivity index (χ1v) is 10.1. The number of anilines is 1. The molecule has 0 spiro atoms. The third-order valence-corrected chi connectivity index (χ3v) is 5.52. The number of nitrogens with zero attached hydrogens (tertiary/aromatic N) is 1. The SMILES string of the molecule is Cc1cccc(NS(=O)(=O)c2ccc(C)c(C(=O)NCc3cc(C)on3)c2)c1. The third kappa shape index (κ3) is 4.58. The lowest BCUT2D eigenvalue weighted by atomic mass is 10.1. The van der Waals surface area contributed by atoms with Gasteiger partial charge in [0.15, 0.2) is 0 Å². The maximum Gasteiger partial charge on any atom is 0.261 e. The average molecular weight is 399 g/mol. The molecule has 0 saturated heterocycles. The Kier molecular flexibility index (Phi) is 5.51.